The lowest BCUT2D eigenvalue weighted by Crippen LogP contribution is -2.13. The van der Waals surface area contributed by atoms with E-state index in [4.69, 9.17) is 5.11 Å². The molecule has 0 unspecified atom stereocenters. The smallest absolute Gasteiger partial charge is 0.416 e. The summed E-state index contributed by atoms with van der Waals surface area (Å²) in [6.07, 6.45) is -4.67. The number of alkyl halides is 3. The summed E-state index contributed by atoms with van der Waals surface area (Å²) in [4.78, 5) is 10.9. The summed E-state index contributed by atoms with van der Waals surface area (Å²) in [5, 5.41) is 8.86. The number of carbonyl (C=O) groups is 1. The standard InChI is InChI=1S/C11H11F3O4S/c1-2-19(17,18)6-7-3-4-8(11(12,13)14)5-9(7)10(15)16/h3-5H,2,6H2,1H3,(H,15,16). The molecule has 19 heavy (non-hydrogen) atoms. The molecular weight excluding hydrogens is 285 g/mol. The van der Waals surface area contributed by atoms with E-state index in [9.17, 15) is 26.4 Å². The van der Waals surface area contributed by atoms with Gasteiger partial charge in [-0.2, -0.15) is 13.2 Å². The molecule has 0 aromatic heterocycles. The molecule has 0 fully saturated rings. The lowest BCUT2D eigenvalue weighted by Gasteiger charge is -2.11. The monoisotopic (exact) mass is 296 g/mol. The van der Waals surface area contributed by atoms with E-state index in [0.29, 0.717) is 12.1 Å². The highest BCUT2D eigenvalue weighted by atomic mass is 32.2. The summed E-state index contributed by atoms with van der Waals surface area (Å²) in [7, 11) is -3.52. The lowest BCUT2D eigenvalue weighted by molar-refractivity contribution is -0.137. The van der Waals surface area contributed by atoms with Gasteiger partial charge >= 0.3 is 12.1 Å². The van der Waals surface area contributed by atoms with Gasteiger partial charge in [-0.05, 0) is 17.7 Å². The number of sulfone groups is 1. The molecule has 0 aliphatic heterocycles. The van der Waals surface area contributed by atoms with Crippen LogP contribution in [-0.2, 0) is 21.8 Å². The van der Waals surface area contributed by atoms with Crippen LogP contribution in [0.4, 0.5) is 13.2 Å². The molecule has 0 radical (unpaired) electrons. The van der Waals surface area contributed by atoms with E-state index in [2.05, 4.69) is 0 Å². The quantitative estimate of drug-likeness (QED) is 0.925. The van der Waals surface area contributed by atoms with Gasteiger partial charge in [0.25, 0.3) is 0 Å². The van der Waals surface area contributed by atoms with Gasteiger partial charge in [0, 0.05) is 5.75 Å². The first kappa shape index (κ1) is 15.5. The second kappa shape index (κ2) is 5.20. The van der Waals surface area contributed by atoms with Crippen molar-refractivity contribution in [3.8, 4) is 0 Å². The zero-order chi connectivity index (χ0) is 14.8. The van der Waals surface area contributed by atoms with Crippen LogP contribution in [0, 0.1) is 0 Å². The Morgan fingerprint density at radius 3 is 2.32 bits per heavy atom. The van der Waals surface area contributed by atoms with Crippen LogP contribution in [0.25, 0.3) is 0 Å². The average molecular weight is 296 g/mol. The van der Waals surface area contributed by atoms with Crippen LogP contribution in [0.2, 0.25) is 0 Å². The van der Waals surface area contributed by atoms with Crippen LogP contribution in [0.1, 0.15) is 28.4 Å². The first-order valence-corrected chi connectivity index (χ1v) is 7.03. The molecule has 0 spiro atoms. The summed E-state index contributed by atoms with van der Waals surface area (Å²) < 4.78 is 60.2. The molecule has 4 nitrogen and oxygen atoms in total. The molecule has 0 saturated heterocycles. The van der Waals surface area contributed by atoms with Gasteiger partial charge < -0.3 is 5.11 Å². The predicted octanol–water partition coefficient (Wildman–Crippen LogP) is 2.34. The van der Waals surface area contributed by atoms with E-state index in [1.54, 1.807) is 0 Å². The maximum absolute atomic E-state index is 12.5. The van der Waals surface area contributed by atoms with Crippen molar-refractivity contribution in [1.29, 1.82) is 0 Å². The summed E-state index contributed by atoms with van der Waals surface area (Å²) >= 11 is 0. The van der Waals surface area contributed by atoms with E-state index in [0.717, 1.165) is 6.07 Å². The van der Waals surface area contributed by atoms with Gasteiger partial charge in [0.1, 0.15) is 0 Å². The van der Waals surface area contributed by atoms with Gasteiger partial charge in [0.15, 0.2) is 9.84 Å². The number of carboxylic acid groups (broad SMARTS) is 1. The molecule has 0 aliphatic rings. The highest BCUT2D eigenvalue weighted by molar-refractivity contribution is 7.90. The Bertz CT molecular complexity index is 590. The van der Waals surface area contributed by atoms with E-state index in [1.807, 2.05) is 0 Å². The van der Waals surface area contributed by atoms with Gasteiger partial charge in [-0.1, -0.05) is 13.0 Å². The summed E-state index contributed by atoms with van der Waals surface area (Å²) in [6, 6.07) is 2.01. The SMILES string of the molecule is CCS(=O)(=O)Cc1ccc(C(F)(F)F)cc1C(=O)O. The Balaban J connectivity index is 3.32. The fourth-order valence-electron chi connectivity index (χ4n) is 1.42. The highest BCUT2D eigenvalue weighted by Crippen LogP contribution is 2.31. The molecule has 1 aromatic carbocycles. The van der Waals surface area contributed by atoms with Crippen molar-refractivity contribution in [2.75, 3.05) is 5.75 Å². The molecule has 106 valence electrons. The molecule has 0 bridgehead atoms. The van der Waals surface area contributed by atoms with Gasteiger partial charge in [0.05, 0.1) is 16.9 Å². The van der Waals surface area contributed by atoms with Crippen LogP contribution in [0.5, 0.6) is 0 Å². The van der Waals surface area contributed by atoms with E-state index < -0.39 is 38.9 Å². The Morgan fingerprint density at radius 1 is 1.32 bits per heavy atom. The fraction of sp³-hybridized carbons (Fsp3) is 0.364. The lowest BCUT2D eigenvalue weighted by atomic mass is 10.0. The Morgan fingerprint density at radius 2 is 1.89 bits per heavy atom. The first-order valence-electron chi connectivity index (χ1n) is 5.20. The maximum Gasteiger partial charge on any atom is 0.416 e. The minimum Gasteiger partial charge on any atom is -0.478 e. The molecule has 1 N–H and O–H groups in total. The van der Waals surface area contributed by atoms with Crippen molar-refractivity contribution in [2.45, 2.75) is 18.9 Å². The van der Waals surface area contributed by atoms with Crippen molar-refractivity contribution in [3.05, 3.63) is 34.9 Å². The van der Waals surface area contributed by atoms with E-state index in [-0.39, 0.29) is 11.3 Å². The Labute approximate surface area is 107 Å². The molecule has 0 heterocycles. The number of hydrogen-bond acceptors (Lipinski definition) is 3. The number of benzene rings is 1. The molecule has 1 aromatic rings. The highest BCUT2D eigenvalue weighted by Gasteiger charge is 2.32. The number of aromatic carboxylic acids is 1. The minimum atomic E-state index is -4.67. The van der Waals surface area contributed by atoms with Gasteiger partial charge in [-0.25, -0.2) is 13.2 Å². The zero-order valence-corrected chi connectivity index (χ0v) is 10.7. The van der Waals surface area contributed by atoms with Crippen molar-refractivity contribution in [3.63, 3.8) is 0 Å². The number of rotatable bonds is 4. The van der Waals surface area contributed by atoms with Crippen LogP contribution in [0.3, 0.4) is 0 Å². The summed E-state index contributed by atoms with van der Waals surface area (Å²) in [5.74, 6) is -2.40. The number of carboxylic acids is 1. The normalized spacial score (nSPS) is 12.4. The Hall–Kier alpha value is -1.57. The Kier molecular flexibility index (Phi) is 4.24. The molecule has 0 saturated carbocycles. The molecule has 0 aliphatic carbocycles. The second-order valence-corrected chi connectivity index (χ2v) is 6.20. The average Bonchev–Trinajstić information content (AvgIpc) is 2.27. The number of hydrogen-bond donors (Lipinski definition) is 1. The number of halogens is 3. The van der Waals surface area contributed by atoms with Gasteiger partial charge in [-0.15, -0.1) is 0 Å². The zero-order valence-electron chi connectivity index (χ0n) is 9.86. The van der Waals surface area contributed by atoms with Gasteiger partial charge in [-0.3, -0.25) is 0 Å². The fourth-order valence-corrected chi connectivity index (χ4v) is 2.35. The van der Waals surface area contributed by atoms with Crippen LogP contribution in [-0.4, -0.2) is 25.2 Å². The molecule has 0 amide bonds. The molecule has 8 heteroatoms. The van der Waals surface area contributed by atoms with Crippen LogP contribution < -0.4 is 0 Å². The van der Waals surface area contributed by atoms with E-state index >= 15 is 0 Å². The van der Waals surface area contributed by atoms with Gasteiger partial charge in [0.2, 0.25) is 0 Å². The van der Waals surface area contributed by atoms with Crippen molar-refractivity contribution >= 4 is 15.8 Å². The maximum atomic E-state index is 12.5. The third-order valence-electron chi connectivity index (χ3n) is 2.48. The van der Waals surface area contributed by atoms with Crippen molar-refractivity contribution < 1.29 is 31.5 Å². The molecule has 0 atom stereocenters. The summed E-state index contributed by atoms with van der Waals surface area (Å²) in [6.45, 7) is 1.37. The topological polar surface area (TPSA) is 71.4 Å². The van der Waals surface area contributed by atoms with E-state index in [1.165, 1.54) is 6.92 Å². The molecule has 1 rings (SSSR count). The second-order valence-electron chi connectivity index (χ2n) is 3.85. The third kappa shape index (κ3) is 3.95. The third-order valence-corrected chi connectivity index (χ3v) is 4.11. The van der Waals surface area contributed by atoms with Crippen LogP contribution >= 0.6 is 0 Å². The predicted molar refractivity (Wildman–Crippen MR) is 61.6 cm³/mol. The largest absolute Gasteiger partial charge is 0.478 e. The molecular formula is C11H11F3O4S. The minimum absolute atomic E-state index is 0.151. The summed E-state index contributed by atoms with van der Waals surface area (Å²) in [5.41, 5.74) is -1.92. The van der Waals surface area contributed by atoms with Crippen molar-refractivity contribution in [1.82, 2.24) is 0 Å². The van der Waals surface area contributed by atoms with Crippen LogP contribution in [0.15, 0.2) is 18.2 Å². The first-order chi connectivity index (χ1) is 8.57. The van der Waals surface area contributed by atoms with Crippen molar-refractivity contribution in [2.24, 2.45) is 0 Å².